The van der Waals surface area contributed by atoms with Gasteiger partial charge < -0.3 is 20.5 Å². The van der Waals surface area contributed by atoms with Crippen molar-refractivity contribution in [1.29, 1.82) is 0 Å². The van der Waals surface area contributed by atoms with E-state index in [1.54, 1.807) is 4.57 Å². The molecule has 2 bridgehead atoms. The minimum absolute atomic E-state index is 0.0153. The van der Waals surface area contributed by atoms with E-state index in [1.807, 2.05) is 6.92 Å². The number of nitrogens with zero attached hydrogens (tertiary/aromatic N) is 3. The zero-order chi connectivity index (χ0) is 20.6. The summed E-state index contributed by atoms with van der Waals surface area (Å²) in [4.78, 5) is 25.4. The highest BCUT2D eigenvalue weighted by Crippen LogP contribution is 2.53. The summed E-state index contributed by atoms with van der Waals surface area (Å²) in [7, 11) is 0. The molecule has 4 N–H and O–H groups in total. The molecule has 1 atom stereocenters. The highest BCUT2D eigenvalue weighted by Gasteiger charge is 2.50. The summed E-state index contributed by atoms with van der Waals surface area (Å²) in [6, 6.07) is -0.151. The molecule has 0 unspecified atom stereocenters. The van der Waals surface area contributed by atoms with Crippen LogP contribution in [0.3, 0.4) is 0 Å². The zero-order valence-electron chi connectivity index (χ0n) is 17.5. The second-order valence-electron chi connectivity index (χ2n) is 9.00. The number of anilines is 1. The van der Waals surface area contributed by atoms with E-state index in [2.05, 4.69) is 22.2 Å². The smallest absolute Gasteiger partial charge is 0.351 e. The highest BCUT2D eigenvalue weighted by atomic mass is 16.3. The Morgan fingerprint density at radius 2 is 1.83 bits per heavy atom. The lowest BCUT2D eigenvalue weighted by atomic mass is 9.58. The number of hydrogen-bond acceptors (Lipinski definition) is 6. The number of aromatic amines is 1. The van der Waals surface area contributed by atoms with E-state index < -0.39 is 5.60 Å². The van der Waals surface area contributed by atoms with E-state index in [-0.39, 0.29) is 23.8 Å². The van der Waals surface area contributed by atoms with E-state index in [9.17, 15) is 15.0 Å². The zero-order valence-corrected chi connectivity index (χ0v) is 17.5. The van der Waals surface area contributed by atoms with Crippen LogP contribution in [-0.2, 0) is 12.0 Å². The number of nitrogens with one attached hydrogen (secondary N) is 2. The first-order valence-corrected chi connectivity index (χ1v) is 11.0. The Balaban J connectivity index is 1.79. The molecule has 2 aromatic rings. The molecule has 0 radical (unpaired) electrons. The minimum atomic E-state index is -0.499. The molecule has 5 rings (SSSR count). The van der Waals surface area contributed by atoms with Crippen molar-refractivity contribution in [2.75, 3.05) is 11.9 Å². The average Bonchev–Trinajstić information content (AvgIpc) is 3.17. The van der Waals surface area contributed by atoms with Crippen molar-refractivity contribution in [1.82, 2.24) is 19.5 Å². The number of H-pyrrole nitrogens is 1. The van der Waals surface area contributed by atoms with Gasteiger partial charge in [0.15, 0.2) is 11.5 Å². The van der Waals surface area contributed by atoms with E-state index in [0.717, 1.165) is 69.1 Å². The number of imidazole rings is 1. The Morgan fingerprint density at radius 1 is 1.14 bits per heavy atom. The molecule has 0 spiro atoms. The van der Waals surface area contributed by atoms with E-state index in [0.29, 0.717) is 18.0 Å². The molecule has 2 aromatic heterocycles. The summed E-state index contributed by atoms with van der Waals surface area (Å²) in [5.41, 5.74) is 0.503. The summed E-state index contributed by atoms with van der Waals surface area (Å²) in [6.45, 7) is 4.65. The third-order valence-electron chi connectivity index (χ3n) is 6.97. The molecule has 0 aliphatic heterocycles. The maximum absolute atomic E-state index is 12.7. The second kappa shape index (κ2) is 7.72. The molecule has 3 aliphatic carbocycles. The number of hydrogen-bond donors (Lipinski definition) is 4. The van der Waals surface area contributed by atoms with Crippen LogP contribution in [0.5, 0.6) is 0 Å². The topological polar surface area (TPSA) is 116 Å². The van der Waals surface area contributed by atoms with Gasteiger partial charge in [0.1, 0.15) is 11.3 Å². The predicted molar refractivity (Wildman–Crippen MR) is 112 cm³/mol. The van der Waals surface area contributed by atoms with Gasteiger partial charge in [-0.2, -0.15) is 4.98 Å². The lowest BCUT2D eigenvalue weighted by Gasteiger charge is -2.49. The Morgan fingerprint density at radius 3 is 2.41 bits per heavy atom. The van der Waals surface area contributed by atoms with Gasteiger partial charge in [0.2, 0.25) is 0 Å². The molecular formula is C21H33N5O3. The maximum atomic E-state index is 12.7. The van der Waals surface area contributed by atoms with Crippen LogP contribution in [0.2, 0.25) is 0 Å². The van der Waals surface area contributed by atoms with Gasteiger partial charge in [-0.3, -0.25) is 4.57 Å². The number of aliphatic hydroxyl groups is 2. The normalized spacial score (nSPS) is 27.4. The summed E-state index contributed by atoms with van der Waals surface area (Å²) < 4.78 is 1.65. The maximum Gasteiger partial charge on any atom is 0.351 e. The first kappa shape index (κ1) is 20.3. The van der Waals surface area contributed by atoms with Gasteiger partial charge in [0, 0.05) is 12.0 Å². The van der Waals surface area contributed by atoms with Gasteiger partial charge >= 0.3 is 5.69 Å². The van der Waals surface area contributed by atoms with Crippen molar-refractivity contribution in [3.63, 3.8) is 0 Å². The van der Waals surface area contributed by atoms with Gasteiger partial charge in [0.25, 0.3) is 0 Å². The standard InChI is InChI=1S/C21H33N5O3/c1-3-5-14(13-27)22-16-15-17(26(12-4-2)19(28)24-16)25-18(23-15)20-6-9-21(29,10-7-20)11-8-20/h14,27,29H,3-13H2,1-2H3,(H,23,25)(H,22,24,28)/t14-,20?,21?/m1/s1. The van der Waals surface area contributed by atoms with Crippen LogP contribution in [0.1, 0.15) is 77.5 Å². The van der Waals surface area contributed by atoms with E-state index in [1.165, 1.54) is 0 Å². The van der Waals surface area contributed by atoms with Crippen LogP contribution in [-0.4, -0.2) is 48.0 Å². The monoisotopic (exact) mass is 403 g/mol. The molecule has 0 saturated heterocycles. The third kappa shape index (κ3) is 3.57. The molecule has 8 nitrogen and oxygen atoms in total. The van der Waals surface area contributed by atoms with Crippen molar-refractivity contribution in [3.8, 4) is 0 Å². The van der Waals surface area contributed by atoms with Crippen molar-refractivity contribution < 1.29 is 10.2 Å². The van der Waals surface area contributed by atoms with Gasteiger partial charge in [0.05, 0.1) is 18.2 Å². The summed E-state index contributed by atoms with van der Waals surface area (Å²) in [6.07, 6.45) is 7.68. The van der Waals surface area contributed by atoms with Gasteiger partial charge in [-0.25, -0.2) is 9.78 Å². The largest absolute Gasteiger partial charge is 0.394 e. The van der Waals surface area contributed by atoms with Gasteiger partial charge in [-0.05, 0) is 51.4 Å². The molecule has 2 heterocycles. The number of aliphatic hydroxyl groups excluding tert-OH is 1. The van der Waals surface area contributed by atoms with Crippen molar-refractivity contribution in [3.05, 3.63) is 16.3 Å². The van der Waals surface area contributed by atoms with E-state index >= 15 is 0 Å². The highest BCUT2D eigenvalue weighted by molar-refractivity contribution is 5.83. The Labute approximate surface area is 170 Å². The molecular weight excluding hydrogens is 370 g/mol. The van der Waals surface area contributed by atoms with Crippen LogP contribution in [0, 0.1) is 0 Å². The van der Waals surface area contributed by atoms with Crippen molar-refractivity contribution in [2.24, 2.45) is 0 Å². The van der Waals surface area contributed by atoms with E-state index in [4.69, 9.17) is 4.98 Å². The minimum Gasteiger partial charge on any atom is -0.394 e. The molecule has 0 amide bonds. The quantitative estimate of drug-likeness (QED) is 0.538. The summed E-state index contributed by atoms with van der Waals surface area (Å²) in [5.74, 6) is 1.38. The Bertz CT molecular complexity index is 910. The van der Waals surface area contributed by atoms with Gasteiger partial charge in [-0.15, -0.1) is 0 Å². The van der Waals surface area contributed by atoms with Crippen molar-refractivity contribution in [2.45, 2.75) is 95.2 Å². The molecule has 3 aliphatic rings. The molecule has 160 valence electrons. The molecule has 8 heteroatoms. The molecule has 29 heavy (non-hydrogen) atoms. The number of aromatic nitrogens is 4. The van der Waals surface area contributed by atoms with Crippen LogP contribution in [0.25, 0.3) is 11.2 Å². The fraction of sp³-hybridized carbons (Fsp3) is 0.762. The summed E-state index contributed by atoms with van der Waals surface area (Å²) >= 11 is 0. The number of aryl methyl sites for hydroxylation is 1. The summed E-state index contributed by atoms with van der Waals surface area (Å²) in [5, 5.41) is 23.5. The lowest BCUT2D eigenvalue weighted by molar-refractivity contribution is -0.0677. The molecule has 3 fully saturated rings. The van der Waals surface area contributed by atoms with Crippen LogP contribution < -0.4 is 11.0 Å². The Hall–Kier alpha value is -1.93. The van der Waals surface area contributed by atoms with Crippen LogP contribution >= 0.6 is 0 Å². The van der Waals surface area contributed by atoms with Crippen LogP contribution in [0.15, 0.2) is 4.79 Å². The first-order chi connectivity index (χ1) is 13.9. The first-order valence-electron chi connectivity index (χ1n) is 11.0. The fourth-order valence-corrected chi connectivity index (χ4v) is 5.08. The molecule has 0 aromatic carbocycles. The lowest BCUT2D eigenvalue weighted by Crippen LogP contribution is -2.48. The SMILES string of the molecule is CCC[C@H](CO)Nc1nc(=O)n(CCC)c2nc(C34CCC(O)(CC3)CC4)[nH]c12. The number of fused-ring (bicyclic) bond motifs is 4. The Kier molecular flexibility index (Phi) is 5.42. The number of rotatable bonds is 8. The average molecular weight is 404 g/mol. The van der Waals surface area contributed by atoms with Gasteiger partial charge in [-0.1, -0.05) is 20.3 Å². The second-order valence-corrected chi connectivity index (χ2v) is 9.00. The van der Waals surface area contributed by atoms with Crippen LogP contribution in [0.4, 0.5) is 5.82 Å². The predicted octanol–water partition coefficient (Wildman–Crippen LogP) is 2.44. The molecule has 3 saturated carbocycles. The van der Waals surface area contributed by atoms with Crippen molar-refractivity contribution >= 4 is 17.0 Å². The third-order valence-corrected chi connectivity index (χ3v) is 6.97. The fourth-order valence-electron chi connectivity index (χ4n) is 5.08.